The molecule has 2 aromatic rings. The van der Waals surface area contributed by atoms with Gasteiger partial charge in [-0.05, 0) is 73.6 Å². The van der Waals surface area contributed by atoms with Crippen LogP contribution in [0.15, 0.2) is 58.3 Å². The largest absolute Gasteiger partial charge is 0.228 e. The van der Waals surface area contributed by atoms with Crippen molar-refractivity contribution in [1.82, 2.24) is 0 Å². The molecule has 2 atom stereocenters. The molecule has 0 aromatic heterocycles. The van der Waals surface area contributed by atoms with Crippen LogP contribution in [-0.2, 0) is 22.7 Å². The number of thioether (sulfide) groups is 2. The molecule has 2 nitrogen and oxygen atoms in total. The average Bonchev–Trinajstić information content (AvgIpc) is 2.70. The van der Waals surface area contributed by atoms with Crippen LogP contribution in [0, 0.1) is 0 Å². The molecule has 148 valence electrons. The molecular formula is C22H30O2S3. The minimum absolute atomic E-state index is 0.330. The monoisotopic (exact) mass is 422 g/mol. The highest BCUT2D eigenvalue weighted by Crippen LogP contribution is 2.25. The predicted octanol–water partition coefficient (Wildman–Crippen LogP) is 5.89. The summed E-state index contributed by atoms with van der Waals surface area (Å²) in [6, 6.07) is 16.5. The first-order valence-electron chi connectivity index (χ1n) is 9.43. The van der Waals surface area contributed by atoms with Gasteiger partial charge in [0.15, 0.2) is 9.84 Å². The summed E-state index contributed by atoms with van der Waals surface area (Å²) < 4.78 is 26.8. The molecule has 0 fully saturated rings. The molecule has 2 aromatic carbocycles. The van der Waals surface area contributed by atoms with Crippen LogP contribution in [0.1, 0.15) is 37.8 Å². The second-order valence-corrected chi connectivity index (χ2v) is 11.0. The number of benzene rings is 2. The Hall–Kier alpha value is -0.910. The van der Waals surface area contributed by atoms with E-state index in [-0.39, 0.29) is 10.5 Å². The van der Waals surface area contributed by atoms with Gasteiger partial charge in [0, 0.05) is 9.79 Å². The van der Waals surface area contributed by atoms with Crippen molar-refractivity contribution >= 4 is 33.4 Å². The lowest BCUT2D eigenvalue weighted by Gasteiger charge is -2.23. The fourth-order valence-electron chi connectivity index (χ4n) is 3.38. The van der Waals surface area contributed by atoms with E-state index in [1.165, 1.54) is 9.79 Å². The lowest BCUT2D eigenvalue weighted by molar-refractivity contribution is 0.552. The fourth-order valence-corrected chi connectivity index (χ4v) is 6.67. The van der Waals surface area contributed by atoms with Crippen LogP contribution < -0.4 is 0 Å². The van der Waals surface area contributed by atoms with Gasteiger partial charge >= 0.3 is 0 Å². The minimum Gasteiger partial charge on any atom is -0.228 e. The Morgan fingerprint density at radius 1 is 0.778 bits per heavy atom. The second-order valence-electron chi connectivity index (χ2n) is 6.76. The van der Waals surface area contributed by atoms with Crippen molar-refractivity contribution in [2.75, 3.05) is 12.5 Å². The third-order valence-corrected chi connectivity index (χ3v) is 9.34. The zero-order valence-corrected chi connectivity index (χ0v) is 19.1. The van der Waals surface area contributed by atoms with E-state index in [0.717, 1.165) is 11.1 Å². The molecule has 0 N–H and O–H groups in total. The number of hydrogen-bond donors (Lipinski definition) is 0. The van der Waals surface area contributed by atoms with Gasteiger partial charge in [0.25, 0.3) is 0 Å². The van der Waals surface area contributed by atoms with Crippen LogP contribution in [0.2, 0.25) is 0 Å². The van der Waals surface area contributed by atoms with Gasteiger partial charge in [0.2, 0.25) is 0 Å². The molecular weight excluding hydrogens is 392 g/mol. The van der Waals surface area contributed by atoms with Crippen molar-refractivity contribution in [3.63, 3.8) is 0 Å². The third kappa shape index (κ3) is 6.03. The highest BCUT2D eigenvalue weighted by atomic mass is 32.2. The standard InChI is InChI=1S/C22H30O2S3/c1-5-21(15-17-9-7-11-19(13-17)25-3)27(23,24)22(6-2)16-18-10-8-12-20(14-18)26-4/h7-14,21-22H,5-6,15-16H2,1-4H3. The van der Waals surface area contributed by atoms with Gasteiger partial charge in [0.05, 0.1) is 10.5 Å². The molecule has 0 aliphatic carbocycles. The molecule has 0 aliphatic rings. The van der Waals surface area contributed by atoms with Crippen molar-refractivity contribution in [2.24, 2.45) is 0 Å². The maximum absolute atomic E-state index is 13.4. The van der Waals surface area contributed by atoms with Crippen LogP contribution in [0.5, 0.6) is 0 Å². The molecule has 27 heavy (non-hydrogen) atoms. The molecule has 0 spiro atoms. The van der Waals surface area contributed by atoms with Gasteiger partial charge in [-0.15, -0.1) is 23.5 Å². The predicted molar refractivity (Wildman–Crippen MR) is 121 cm³/mol. The van der Waals surface area contributed by atoms with Crippen molar-refractivity contribution < 1.29 is 8.42 Å². The van der Waals surface area contributed by atoms with E-state index in [1.807, 2.05) is 50.6 Å². The topological polar surface area (TPSA) is 34.1 Å². The highest BCUT2D eigenvalue weighted by molar-refractivity contribution is 7.98. The van der Waals surface area contributed by atoms with Gasteiger partial charge in [-0.1, -0.05) is 38.1 Å². The normalized spacial score (nSPS) is 14.1. The SMILES string of the molecule is CCC(Cc1cccc(SC)c1)S(=O)(=O)C(CC)Cc1cccc(SC)c1. The summed E-state index contributed by atoms with van der Waals surface area (Å²) in [5.41, 5.74) is 2.22. The lowest BCUT2D eigenvalue weighted by Crippen LogP contribution is -2.34. The van der Waals surface area contributed by atoms with Gasteiger partial charge in [0.1, 0.15) is 0 Å². The number of hydrogen-bond acceptors (Lipinski definition) is 4. The van der Waals surface area contributed by atoms with E-state index in [2.05, 4.69) is 24.3 Å². The van der Waals surface area contributed by atoms with Crippen LogP contribution in [0.4, 0.5) is 0 Å². The van der Waals surface area contributed by atoms with Crippen LogP contribution in [0.25, 0.3) is 0 Å². The molecule has 0 bridgehead atoms. The molecule has 2 unspecified atom stereocenters. The van der Waals surface area contributed by atoms with E-state index >= 15 is 0 Å². The molecule has 0 heterocycles. The van der Waals surface area contributed by atoms with Crippen molar-refractivity contribution in [3.8, 4) is 0 Å². The minimum atomic E-state index is -3.21. The van der Waals surface area contributed by atoms with Gasteiger partial charge in [-0.3, -0.25) is 0 Å². The van der Waals surface area contributed by atoms with Gasteiger partial charge in [-0.2, -0.15) is 0 Å². The first-order chi connectivity index (χ1) is 12.9. The van der Waals surface area contributed by atoms with Crippen LogP contribution in [0.3, 0.4) is 0 Å². The Balaban J connectivity index is 2.22. The van der Waals surface area contributed by atoms with E-state index in [1.54, 1.807) is 23.5 Å². The quantitative estimate of drug-likeness (QED) is 0.447. The summed E-state index contributed by atoms with van der Waals surface area (Å²) in [5, 5.41) is -0.661. The van der Waals surface area contributed by atoms with Crippen LogP contribution >= 0.6 is 23.5 Å². The summed E-state index contributed by atoms with van der Waals surface area (Å²) in [7, 11) is -3.21. The van der Waals surface area contributed by atoms with E-state index in [9.17, 15) is 8.42 Å². The summed E-state index contributed by atoms with van der Waals surface area (Å²) in [4.78, 5) is 2.36. The Bertz CT molecular complexity index is 767. The van der Waals surface area contributed by atoms with E-state index in [0.29, 0.717) is 25.7 Å². The Labute approximate surface area is 173 Å². The molecule has 0 aliphatic heterocycles. The molecule has 0 radical (unpaired) electrons. The van der Waals surface area contributed by atoms with Crippen molar-refractivity contribution in [1.29, 1.82) is 0 Å². The number of rotatable bonds is 10. The zero-order valence-electron chi connectivity index (χ0n) is 16.6. The average molecular weight is 423 g/mol. The van der Waals surface area contributed by atoms with Gasteiger partial charge < -0.3 is 0 Å². The summed E-state index contributed by atoms with van der Waals surface area (Å²) in [6.45, 7) is 3.98. The first-order valence-corrected chi connectivity index (χ1v) is 13.5. The lowest BCUT2D eigenvalue weighted by atomic mass is 10.1. The van der Waals surface area contributed by atoms with Crippen molar-refractivity contribution in [3.05, 3.63) is 59.7 Å². The van der Waals surface area contributed by atoms with Crippen LogP contribution in [-0.4, -0.2) is 31.4 Å². The maximum Gasteiger partial charge on any atom is 0.156 e. The molecule has 0 saturated carbocycles. The highest BCUT2D eigenvalue weighted by Gasteiger charge is 2.32. The zero-order chi connectivity index (χ0) is 19.9. The maximum atomic E-state index is 13.4. The summed E-state index contributed by atoms with van der Waals surface area (Å²) >= 11 is 3.38. The molecule has 0 saturated heterocycles. The first kappa shape index (κ1) is 22.4. The summed E-state index contributed by atoms with van der Waals surface area (Å²) in [6.07, 6.45) is 6.56. The second kappa shape index (κ2) is 10.6. The van der Waals surface area contributed by atoms with Crippen molar-refractivity contribution in [2.45, 2.75) is 59.8 Å². The van der Waals surface area contributed by atoms with E-state index in [4.69, 9.17) is 0 Å². The smallest absolute Gasteiger partial charge is 0.156 e. The van der Waals surface area contributed by atoms with E-state index < -0.39 is 9.84 Å². The number of sulfone groups is 1. The molecule has 5 heteroatoms. The third-order valence-electron chi connectivity index (χ3n) is 5.03. The fraction of sp³-hybridized carbons (Fsp3) is 0.455. The Morgan fingerprint density at radius 3 is 1.52 bits per heavy atom. The Morgan fingerprint density at radius 2 is 1.19 bits per heavy atom. The summed E-state index contributed by atoms with van der Waals surface area (Å²) in [5.74, 6) is 0. The van der Waals surface area contributed by atoms with Gasteiger partial charge in [-0.25, -0.2) is 8.42 Å². The molecule has 2 rings (SSSR count). The molecule has 0 amide bonds. The Kier molecular flexibility index (Phi) is 8.77.